The molecule has 1 aromatic heterocycles. The molecule has 0 fully saturated rings. The van der Waals surface area contributed by atoms with Gasteiger partial charge in [-0.2, -0.15) is 0 Å². The van der Waals surface area contributed by atoms with Crippen molar-refractivity contribution in [1.29, 1.82) is 0 Å². The highest BCUT2D eigenvalue weighted by Crippen LogP contribution is 2.21. The molecule has 0 bridgehead atoms. The lowest BCUT2D eigenvalue weighted by Gasteiger charge is -2.14. The maximum absolute atomic E-state index is 4.13. The first kappa shape index (κ1) is 15.0. The van der Waals surface area contributed by atoms with Gasteiger partial charge in [-0.1, -0.05) is 18.2 Å². The van der Waals surface area contributed by atoms with Gasteiger partial charge in [0.15, 0.2) is 0 Å². The number of nitrogens with one attached hydrogen (secondary N) is 2. The first-order valence-corrected chi connectivity index (χ1v) is 7.58. The molecule has 2 N–H and O–H groups in total. The molecule has 1 heterocycles. The van der Waals surface area contributed by atoms with Gasteiger partial charge in [0.05, 0.1) is 0 Å². The van der Waals surface area contributed by atoms with Crippen molar-refractivity contribution >= 4 is 22.7 Å². The highest BCUT2D eigenvalue weighted by molar-refractivity contribution is 7.97. The summed E-state index contributed by atoms with van der Waals surface area (Å²) in [6.45, 7) is 9.89. The Bertz CT molecular complexity index is 583. The van der Waals surface area contributed by atoms with Crippen LogP contribution in [-0.4, -0.2) is 24.1 Å². The number of aromatic nitrogens is 1. The Hall–Kier alpha value is -1.36. The molecule has 1 aromatic carbocycles. The highest BCUT2D eigenvalue weighted by Gasteiger charge is 2.02. The quantitative estimate of drug-likeness (QED) is 0.604. The van der Waals surface area contributed by atoms with Gasteiger partial charge in [-0.25, -0.2) is 0 Å². The molecule has 4 heteroatoms. The van der Waals surface area contributed by atoms with Crippen LogP contribution in [0.4, 0.5) is 0 Å². The Labute approximate surface area is 125 Å². The largest absolute Gasteiger partial charge is 0.311 e. The van der Waals surface area contributed by atoms with Crippen LogP contribution in [0.1, 0.15) is 13.8 Å². The van der Waals surface area contributed by atoms with Crippen LogP contribution in [0, 0.1) is 0 Å². The van der Waals surface area contributed by atoms with Crippen molar-refractivity contribution < 1.29 is 0 Å². The second-order valence-electron chi connectivity index (χ2n) is 5.09. The lowest BCUT2D eigenvalue weighted by Crippen LogP contribution is -2.33. The van der Waals surface area contributed by atoms with Crippen molar-refractivity contribution in [3.8, 4) is 0 Å². The van der Waals surface area contributed by atoms with Crippen molar-refractivity contribution in [3.05, 3.63) is 48.8 Å². The summed E-state index contributed by atoms with van der Waals surface area (Å²) >= 11 is 1.67. The molecule has 2 rings (SSSR count). The third kappa shape index (κ3) is 4.63. The van der Waals surface area contributed by atoms with Gasteiger partial charge in [-0.3, -0.25) is 9.71 Å². The zero-order valence-electron chi connectivity index (χ0n) is 12.0. The fourth-order valence-electron chi connectivity index (χ4n) is 1.84. The third-order valence-electron chi connectivity index (χ3n) is 2.87. The zero-order chi connectivity index (χ0) is 14.4. The Morgan fingerprint density at radius 1 is 1.35 bits per heavy atom. The molecular weight excluding hydrogens is 266 g/mol. The summed E-state index contributed by atoms with van der Waals surface area (Å²) in [4.78, 5) is 5.34. The van der Waals surface area contributed by atoms with Crippen LogP contribution in [0.2, 0.25) is 0 Å². The van der Waals surface area contributed by atoms with Crippen molar-refractivity contribution in [1.82, 2.24) is 15.0 Å². The SMILES string of the molecule is C=C(C)CNC[C@@H](C)NSc1ccc2cnccc2c1. The fraction of sp³-hybridized carbons (Fsp3) is 0.312. The van der Waals surface area contributed by atoms with E-state index in [1.807, 2.05) is 25.4 Å². The Morgan fingerprint density at radius 2 is 2.20 bits per heavy atom. The van der Waals surface area contributed by atoms with E-state index in [0.29, 0.717) is 6.04 Å². The molecular formula is C16H21N3S. The van der Waals surface area contributed by atoms with Crippen molar-refractivity contribution in [2.45, 2.75) is 24.8 Å². The summed E-state index contributed by atoms with van der Waals surface area (Å²) in [7, 11) is 0. The first-order chi connectivity index (χ1) is 9.65. The summed E-state index contributed by atoms with van der Waals surface area (Å²) in [5.74, 6) is 0. The van der Waals surface area contributed by atoms with Gasteiger partial charge in [-0.15, -0.1) is 0 Å². The molecule has 1 atom stereocenters. The van der Waals surface area contributed by atoms with Gasteiger partial charge in [0.2, 0.25) is 0 Å². The van der Waals surface area contributed by atoms with Gasteiger partial charge in [0.1, 0.15) is 0 Å². The van der Waals surface area contributed by atoms with Crippen molar-refractivity contribution in [2.75, 3.05) is 13.1 Å². The number of hydrogen-bond donors (Lipinski definition) is 2. The maximum atomic E-state index is 4.13. The van der Waals surface area contributed by atoms with Crippen LogP contribution in [0.3, 0.4) is 0 Å². The average molecular weight is 287 g/mol. The van der Waals surface area contributed by atoms with E-state index in [2.05, 4.69) is 46.7 Å². The minimum atomic E-state index is 0.396. The number of fused-ring (bicyclic) bond motifs is 1. The summed E-state index contributed by atoms with van der Waals surface area (Å²) in [6.07, 6.45) is 3.72. The molecule has 0 aliphatic heterocycles. The Balaban J connectivity index is 1.84. The highest BCUT2D eigenvalue weighted by atomic mass is 32.2. The molecule has 0 aliphatic rings. The summed E-state index contributed by atoms with van der Waals surface area (Å²) in [6, 6.07) is 8.85. The zero-order valence-corrected chi connectivity index (χ0v) is 12.8. The van der Waals surface area contributed by atoms with Gasteiger partial charge >= 0.3 is 0 Å². The van der Waals surface area contributed by atoms with Gasteiger partial charge in [0, 0.05) is 41.8 Å². The van der Waals surface area contributed by atoms with E-state index in [4.69, 9.17) is 0 Å². The van der Waals surface area contributed by atoms with Crippen LogP contribution in [0.25, 0.3) is 10.8 Å². The molecule has 0 spiro atoms. The molecule has 0 saturated carbocycles. The number of pyridine rings is 1. The number of hydrogen-bond acceptors (Lipinski definition) is 4. The third-order valence-corrected chi connectivity index (χ3v) is 3.88. The van der Waals surface area contributed by atoms with E-state index < -0.39 is 0 Å². The van der Waals surface area contributed by atoms with Crippen LogP contribution in [0.5, 0.6) is 0 Å². The normalized spacial score (nSPS) is 12.5. The van der Waals surface area contributed by atoms with Crippen molar-refractivity contribution in [3.63, 3.8) is 0 Å². The second-order valence-corrected chi connectivity index (χ2v) is 6.00. The van der Waals surface area contributed by atoms with E-state index in [1.54, 1.807) is 11.9 Å². The summed E-state index contributed by atoms with van der Waals surface area (Å²) in [5, 5.41) is 5.76. The monoisotopic (exact) mass is 287 g/mol. The lowest BCUT2D eigenvalue weighted by atomic mass is 10.2. The predicted molar refractivity (Wildman–Crippen MR) is 87.9 cm³/mol. The molecule has 0 aliphatic carbocycles. The molecule has 0 saturated heterocycles. The predicted octanol–water partition coefficient (Wildman–Crippen LogP) is 3.39. The van der Waals surface area contributed by atoms with Crippen LogP contribution < -0.4 is 10.0 Å². The lowest BCUT2D eigenvalue weighted by molar-refractivity contribution is 0.606. The van der Waals surface area contributed by atoms with Crippen LogP contribution in [0.15, 0.2) is 53.7 Å². The number of rotatable bonds is 7. The topological polar surface area (TPSA) is 37.0 Å². The average Bonchev–Trinajstić information content (AvgIpc) is 2.44. The van der Waals surface area contributed by atoms with Crippen LogP contribution in [-0.2, 0) is 0 Å². The fourth-order valence-corrected chi connectivity index (χ4v) is 2.58. The van der Waals surface area contributed by atoms with Crippen LogP contribution >= 0.6 is 11.9 Å². The number of benzene rings is 1. The van der Waals surface area contributed by atoms with Gasteiger partial charge in [0.25, 0.3) is 0 Å². The van der Waals surface area contributed by atoms with Crippen molar-refractivity contribution in [2.24, 2.45) is 0 Å². The minimum Gasteiger partial charge on any atom is -0.311 e. The number of nitrogens with zero attached hydrogens (tertiary/aromatic N) is 1. The molecule has 0 radical (unpaired) electrons. The van der Waals surface area contributed by atoms with E-state index in [9.17, 15) is 0 Å². The van der Waals surface area contributed by atoms with E-state index in [1.165, 1.54) is 15.7 Å². The second kappa shape index (κ2) is 7.43. The molecule has 0 unspecified atom stereocenters. The first-order valence-electron chi connectivity index (χ1n) is 6.76. The van der Waals surface area contributed by atoms with E-state index in [-0.39, 0.29) is 0 Å². The van der Waals surface area contributed by atoms with Gasteiger partial charge in [-0.05, 0) is 49.4 Å². The molecule has 3 nitrogen and oxygen atoms in total. The Kier molecular flexibility index (Phi) is 5.59. The Morgan fingerprint density at radius 3 is 3.00 bits per heavy atom. The maximum Gasteiger partial charge on any atom is 0.0346 e. The molecule has 2 aromatic rings. The smallest absolute Gasteiger partial charge is 0.0346 e. The van der Waals surface area contributed by atoms with Gasteiger partial charge < -0.3 is 5.32 Å². The summed E-state index contributed by atoms with van der Waals surface area (Å²) < 4.78 is 3.45. The molecule has 0 amide bonds. The van der Waals surface area contributed by atoms with E-state index >= 15 is 0 Å². The van der Waals surface area contributed by atoms with E-state index in [0.717, 1.165) is 18.7 Å². The minimum absolute atomic E-state index is 0.396. The molecule has 20 heavy (non-hydrogen) atoms. The summed E-state index contributed by atoms with van der Waals surface area (Å²) in [5.41, 5.74) is 1.16. The molecule has 106 valence electrons. The standard InChI is InChI=1S/C16H21N3S/c1-12(2)9-18-10-13(3)19-20-16-5-4-15-11-17-7-6-14(15)8-16/h4-8,11,13,18-19H,1,9-10H2,2-3H3/t13-/m1/s1.